The van der Waals surface area contributed by atoms with E-state index in [0.29, 0.717) is 12.5 Å². The minimum Gasteiger partial charge on any atom is -0.312 e. The topological polar surface area (TPSA) is 47.8 Å². The van der Waals surface area contributed by atoms with E-state index in [9.17, 15) is 4.79 Å². The molecule has 1 fully saturated rings. The van der Waals surface area contributed by atoms with Gasteiger partial charge in [0, 0.05) is 18.7 Å². The van der Waals surface area contributed by atoms with E-state index in [-0.39, 0.29) is 5.78 Å². The minimum atomic E-state index is 0.155. The van der Waals surface area contributed by atoms with Crippen LogP contribution in [0.4, 0.5) is 0 Å². The number of fused-ring (bicyclic) bond motifs is 1. The first-order chi connectivity index (χ1) is 7.74. The first-order valence-corrected chi connectivity index (χ1v) is 5.55. The van der Waals surface area contributed by atoms with E-state index in [1.165, 1.54) is 12.8 Å². The molecule has 16 heavy (non-hydrogen) atoms. The number of carbonyl (C=O) groups is 1. The summed E-state index contributed by atoms with van der Waals surface area (Å²) in [6.07, 6.45) is 6.53. The maximum atomic E-state index is 11.0. The first kappa shape index (κ1) is 9.51. The first-order valence-electron chi connectivity index (χ1n) is 5.55. The SMILES string of the molecule is CC(=O)Cc1cnc2c(c1)ncn2C1CC1. The van der Waals surface area contributed by atoms with Gasteiger partial charge in [-0.2, -0.15) is 0 Å². The van der Waals surface area contributed by atoms with Gasteiger partial charge in [-0.25, -0.2) is 9.97 Å². The second kappa shape index (κ2) is 3.40. The Hall–Kier alpha value is -1.71. The fraction of sp³-hybridized carbons (Fsp3) is 0.417. The molecule has 1 aliphatic rings. The van der Waals surface area contributed by atoms with Crippen LogP contribution in [0.15, 0.2) is 18.6 Å². The highest BCUT2D eigenvalue weighted by molar-refractivity contribution is 5.80. The Morgan fingerprint density at radius 3 is 3.00 bits per heavy atom. The lowest BCUT2D eigenvalue weighted by Gasteiger charge is -2.00. The summed E-state index contributed by atoms with van der Waals surface area (Å²) in [6.45, 7) is 1.59. The van der Waals surface area contributed by atoms with Crippen molar-refractivity contribution >= 4 is 16.9 Å². The highest BCUT2D eigenvalue weighted by atomic mass is 16.1. The number of Topliss-reactive ketones (excluding diaryl/α,β-unsaturated/α-hetero) is 1. The van der Waals surface area contributed by atoms with Crippen molar-refractivity contribution in [1.82, 2.24) is 14.5 Å². The molecule has 1 saturated carbocycles. The second-order valence-electron chi connectivity index (χ2n) is 4.45. The van der Waals surface area contributed by atoms with Crippen molar-refractivity contribution in [3.8, 4) is 0 Å². The molecular weight excluding hydrogens is 202 g/mol. The standard InChI is InChI=1S/C12H13N3O/c1-8(16)4-9-5-11-12(13-6-9)15(7-14-11)10-2-3-10/h5-7,10H,2-4H2,1H3. The van der Waals surface area contributed by atoms with Gasteiger partial charge >= 0.3 is 0 Å². The molecule has 0 aromatic carbocycles. The maximum absolute atomic E-state index is 11.0. The summed E-state index contributed by atoms with van der Waals surface area (Å²) >= 11 is 0. The fourth-order valence-electron chi connectivity index (χ4n) is 1.96. The van der Waals surface area contributed by atoms with E-state index in [1.807, 2.05) is 12.4 Å². The molecule has 0 radical (unpaired) electrons. The molecule has 0 spiro atoms. The number of imidazole rings is 1. The van der Waals surface area contributed by atoms with Gasteiger partial charge in [0.25, 0.3) is 0 Å². The molecule has 2 aromatic heterocycles. The zero-order valence-corrected chi connectivity index (χ0v) is 9.18. The van der Waals surface area contributed by atoms with Gasteiger partial charge in [0.1, 0.15) is 11.3 Å². The molecule has 0 unspecified atom stereocenters. The highest BCUT2D eigenvalue weighted by Crippen LogP contribution is 2.36. The number of ketones is 1. The number of nitrogens with zero attached hydrogens (tertiary/aromatic N) is 3. The Balaban J connectivity index is 2.02. The molecule has 82 valence electrons. The number of hydrogen-bond acceptors (Lipinski definition) is 3. The summed E-state index contributed by atoms with van der Waals surface area (Å²) < 4.78 is 2.13. The summed E-state index contributed by atoms with van der Waals surface area (Å²) in [4.78, 5) is 19.8. The van der Waals surface area contributed by atoms with Crippen molar-refractivity contribution in [1.29, 1.82) is 0 Å². The summed E-state index contributed by atoms with van der Waals surface area (Å²) in [5.74, 6) is 0.155. The van der Waals surface area contributed by atoms with Gasteiger partial charge in [0.15, 0.2) is 5.65 Å². The van der Waals surface area contributed by atoms with E-state index < -0.39 is 0 Å². The molecule has 1 aliphatic carbocycles. The van der Waals surface area contributed by atoms with Crippen LogP contribution in [-0.4, -0.2) is 20.3 Å². The maximum Gasteiger partial charge on any atom is 0.160 e. The van der Waals surface area contributed by atoms with Crippen LogP contribution in [0, 0.1) is 0 Å². The highest BCUT2D eigenvalue weighted by Gasteiger charge is 2.25. The molecule has 2 heterocycles. The predicted octanol–water partition coefficient (Wildman–Crippen LogP) is 1.90. The lowest BCUT2D eigenvalue weighted by atomic mass is 10.1. The van der Waals surface area contributed by atoms with Crippen LogP contribution >= 0.6 is 0 Å². The summed E-state index contributed by atoms with van der Waals surface area (Å²) in [7, 11) is 0. The molecule has 0 atom stereocenters. The second-order valence-corrected chi connectivity index (χ2v) is 4.45. The number of hydrogen-bond donors (Lipinski definition) is 0. The van der Waals surface area contributed by atoms with E-state index >= 15 is 0 Å². The smallest absolute Gasteiger partial charge is 0.160 e. The third-order valence-electron chi connectivity index (χ3n) is 2.86. The number of aromatic nitrogens is 3. The summed E-state index contributed by atoms with van der Waals surface area (Å²) in [5, 5.41) is 0. The molecular formula is C12H13N3O. The molecule has 0 aliphatic heterocycles. The van der Waals surface area contributed by atoms with Crippen LogP contribution in [0.5, 0.6) is 0 Å². The van der Waals surface area contributed by atoms with Crippen molar-refractivity contribution < 1.29 is 4.79 Å². The van der Waals surface area contributed by atoms with Gasteiger partial charge in [-0.15, -0.1) is 0 Å². The molecule has 3 rings (SSSR count). The van der Waals surface area contributed by atoms with E-state index in [4.69, 9.17) is 0 Å². The zero-order chi connectivity index (χ0) is 11.1. The Kier molecular flexibility index (Phi) is 2.02. The normalized spacial score (nSPS) is 15.6. The van der Waals surface area contributed by atoms with Crippen molar-refractivity contribution in [3.05, 3.63) is 24.2 Å². The monoisotopic (exact) mass is 215 g/mol. The lowest BCUT2D eigenvalue weighted by Crippen LogP contribution is -1.98. The van der Waals surface area contributed by atoms with Gasteiger partial charge in [-0.05, 0) is 31.4 Å². The minimum absolute atomic E-state index is 0.155. The van der Waals surface area contributed by atoms with Crippen molar-refractivity contribution in [2.75, 3.05) is 0 Å². The molecule has 0 N–H and O–H groups in total. The van der Waals surface area contributed by atoms with Crippen molar-refractivity contribution in [2.45, 2.75) is 32.2 Å². The number of rotatable bonds is 3. The average molecular weight is 215 g/mol. The number of carbonyl (C=O) groups excluding carboxylic acids is 1. The Morgan fingerprint density at radius 1 is 1.50 bits per heavy atom. The molecule has 0 saturated heterocycles. The Morgan fingerprint density at radius 2 is 2.31 bits per heavy atom. The summed E-state index contributed by atoms with van der Waals surface area (Å²) in [6, 6.07) is 2.55. The number of pyridine rings is 1. The van der Waals surface area contributed by atoms with Crippen LogP contribution in [0.1, 0.15) is 31.4 Å². The van der Waals surface area contributed by atoms with Crippen LogP contribution in [0.2, 0.25) is 0 Å². The zero-order valence-electron chi connectivity index (χ0n) is 9.18. The van der Waals surface area contributed by atoms with Gasteiger partial charge in [0.2, 0.25) is 0 Å². The molecule has 0 amide bonds. The Bertz CT molecular complexity index is 554. The van der Waals surface area contributed by atoms with Crippen LogP contribution in [0.25, 0.3) is 11.2 Å². The molecule has 0 bridgehead atoms. The van der Waals surface area contributed by atoms with Crippen molar-refractivity contribution in [3.63, 3.8) is 0 Å². The van der Waals surface area contributed by atoms with E-state index in [1.54, 1.807) is 13.1 Å². The van der Waals surface area contributed by atoms with Gasteiger partial charge < -0.3 is 4.57 Å². The van der Waals surface area contributed by atoms with Crippen LogP contribution in [0.3, 0.4) is 0 Å². The molecule has 2 aromatic rings. The van der Waals surface area contributed by atoms with Gasteiger partial charge in [-0.3, -0.25) is 4.79 Å². The quantitative estimate of drug-likeness (QED) is 0.785. The van der Waals surface area contributed by atoms with Crippen LogP contribution < -0.4 is 0 Å². The summed E-state index contributed by atoms with van der Waals surface area (Å²) in [5.41, 5.74) is 2.78. The average Bonchev–Trinajstić information content (AvgIpc) is 2.98. The lowest BCUT2D eigenvalue weighted by molar-refractivity contribution is -0.116. The molecule has 4 heteroatoms. The fourth-order valence-corrected chi connectivity index (χ4v) is 1.96. The van der Waals surface area contributed by atoms with E-state index in [2.05, 4.69) is 14.5 Å². The third-order valence-corrected chi connectivity index (χ3v) is 2.86. The largest absolute Gasteiger partial charge is 0.312 e. The Labute approximate surface area is 93.3 Å². The van der Waals surface area contributed by atoms with Crippen molar-refractivity contribution in [2.24, 2.45) is 0 Å². The predicted molar refractivity (Wildman–Crippen MR) is 60.2 cm³/mol. The van der Waals surface area contributed by atoms with Crippen LogP contribution in [-0.2, 0) is 11.2 Å². The molecule has 4 nitrogen and oxygen atoms in total. The van der Waals surface area contributed by atoms with Gasteiger partial charge in [0.05, 0.1) is 6.33 Å². The van der Waals surface area contributed by atoms with E-state index in [0.717, 1.165) is 16.7 Å². The van der Waals surface area contributed by atoms with Gasteiger partial charge in [-0.1, -0.05) is 0 Å². The third kappa shape index (κ3) is 1.60.